The highest BCUT2D eigenvalue weighted by Crippen LogP contribution is 2.34. The van der Waals surface area contributed by atoms with E-state index >= 15 is 0 Å². The van der Waals surface area contributed by atoms with E-state index in [0.29, 0.717) is 0 Å². The van der Waals surface area contributed by atoms with Crippen LogP contribution in [0.1, 0.15) is 11.3 Å². The molecule has 0 amide bonds. The minimum atomic E-state index is 0.973. The molecule has 1 aromatic heterocycles. The van der Waals surface area contributed by atoms with Gasteiger partial charge in [-0.2, -0.15) is 0 Å². The van der Waals surface area contributed by atoms with Gasteiger partial charge in [0.2, 0.25) is 0 Å². The molecule has 0 aliphatic heterocycles. The van der Waals surface area contributed by atoms with Crippen LogP contribution in [-0.2, 0) is 6.42 Å². The number of hydrogen-bond acceptors (Lipinski definition) is 0. The molecule has 0 unspecified atom stereocenters. The van der Waals surface area contributed by atoms with Crippen molar-refractivity contribution < 1.29 is 0 Å². The molecule has 1 heterocycles. The molecule has 0 fully saturated rings. The second-order valence-corrected chi connectivity index (χ2v) is 6.21. The van der Waals surface area contributed by atoms with Gasteiger partial charge in [0.25, 0.3) is 0 Å². The molecule has 4 aromatic rings. The highest BCUT2D eigenvalue weighted by Gasteiger charge is 2.17. The van der Waals surface area contributed by atoms with Gasteiger partial charge in [0, 0.05) is 10.8 Å². The van der Waals surface area contributed by atoms with E-state index in [2.05, 4.69) is 95.6 Å². The molecule has 5 rings (SSSR count). The minimum Gasteiger partial charge on any atom is -0.309 e. The fourth-order valence-electron chi connectivity index (χ4n) is 3.79. The molecule has 0 N–H and O–H groups in total. The molecular weight excluding hydrogens is 290 g/mol. The summed E-state index contributed by atoms with van der Waals surface area (Å²) in [5.41, 5.74) is 5.22. The zero-order valence-electron chi connectivity index (χ0n) is 13.3. The van der Waals surface area contributed by atoms with Crippen LogP contribution in [0.5, 0.6) is 0 Å². The second kappa shape index (κ2) is 5.24. The summed E-state index contributed by atoms with van der Waals surface area (Å²) in [6.45, 7) is 0. The molecular formula is C23H17N. The molecule has 0 radical (unpaired) electrons. The standard InChI is InChI=1S/C23H17N/c1-2-12-19-20-13-6-7-15-23(20)24(22(19)14-3-1)21-16-8-10-17-9-4-5-11-18(17)21/h1-11,13-16H,12H2. The van der Waals surface area contributed by atoms with Crippen LogP contribution in [-0.4, -0.2) is 4.57 Å². The first-order valence-electron chi connectivity index (χ1n) is 8.37. The van der Waals surface area contributed by atoms with Crippen LogP contribution in [0, 0.1) is 0 Å². The molecule has 1 nitrogen and oxygen atoms in total. The quantitative estimate of drug-likeness (QED) is 0.412. The van der Waals surface area contributed by atoms with Gasteiger partial charge in [-0.3, -0.25) is 0 Å². The summed E-state index contributed by atoms with van der Waals surface area (Å²) in [4.78, 5) is 0. The fraction of sp³-hybridized carbons (Fsp3) is 0.0435. The number of rotatable bonds is 1. The zero-order chi connectivity index (χ0) is 15.9. The monoisotopic (exact) mass is 307 g/mol. The van der Waals surface area contributed by atoms with Gasteiger partial charge in [-0.1, -0.05) is 72.8 Å². The van der Waals surface area contributed by atoms with Gasteiger partial charge in [-0.15, -0.1) is 0 Å². The largest absolute Gasteiger partial charge is 0.309 e. The molecule has 114 valence electrons. The van der Waals surface area contributed by atoms with Crippen LogP contribution in [0.2, 0.25) is 0 Å². The van der Waals surface area contributed by atoms with Crippen LogP contribution in [0.15, 0.2) is 85.0 Å². The molecule has 0 atom stereocenters. The van der Waals surface area contributed by atoms with Gasteiger partial charge in [-0.25, -0.2) is 0 Å². The van der Waals surface area contributed by atoms with Gasteiger partial charge in [0.05, 0.1) is 16.9 Å². The van der Waals surface area contributed by atoms with Crippen LogP contribution < -0.4 is 0 Å². The van der Waals surface area contributed by atoms with Crippen molar-refractivity contribution in [2.75, 3.05) is 0 Å². The third-order valence-electron chi connectivity index (χ3n) is 4.85. The lowest BCUT2D eigenvalue weighted by Gasteiger charge is -2.12. The lowest BCUT2D eigenvalue weighted by molar-refractivity contribution is 1.10. The third-order valence-corrected chi connectivity index (χ3v) is 4.85. The van der Waals surface area contributed by atoms with Crippen LogP contribution in [0.25, 0.3) is 33.4 Å². The van der Waals surface area contributed by atoms with Gasteiger partial charge < -0.3 is 4.57 Å². The zero-order valence-corrected chi connectivity index (χ0v) is 13.3. The van der Waals surface area contributed by atoms with Crippen molar-refractivity contribution in [2.24, 2.45) is 0 Å². The van der Waals surface area contributed by atoms with Crippen molar-refractivity contribution in [1.29, 1.82) is 0 Å². The molecule has 1 aliphatic rings. The lowest BCUT2D eigenvalue weighted by atomic mass is 10.1. The van der Waals surface area contributed by atoms with E-state index in [9.17, 15) is 0 Å². The van der Waals surface area contributed by atoms with E-state index in [-0.39, 0.29) is 0 Å². The Bertz CT molecular complexity index is 1120. The predicted octanol–water partition coefficient (Wildman–Crippen LogP) is 5.91. The van der Waals surface area contributed by atoms with Crippen molar-refractivity contribution in [3.8, 4) is 5.69 Å². The normalized spacial score (nSPS) is 13.3. The maximum Gasteiger partial charge on any atom is 0.0540 e. The molecule has 24 heavy (non-hydrogen) atoms. The molecule has 0 saturated heterocycles. The summed E-state index contributed by atoms with van der Waals surface area (Å²) in [6, 6.07) is 23.9. The van der Waals surface area contributed by atoms with Crippen LogP contribution in [0.4, 0.5) is 0 Å². The van der Waals surface area contributed by atoms with E-state index in [4.69, 9.17) is 0 Å². The maximum atomic E-state index is 2.41. The van der Waals surface area contributed by atoms with Gasteiger partial charge in [-0.05, 0) is 35.6 Å². The van der Waals surface area contributed by atoms with E-state index in [1.54, 1.807) is 0 Å². The predicted molar refractivity (Wildman–Crippen MR) is 103 cm³/mol. The Labute approximate surface area is 141 Å². The number of para-hydroxylation sites is 1. The molecule has 0 bridgehead atoms. The number of aromatic nitrogens is 1. The van der Waals surface area contributed by atoms with Gasteiger partial charge >= 0.3 is 0 Å². The number of hydrogen-bond donors (Lipinski definition) is 0. The Morgan fingerprint density at radius 1 is 0.708 bits per heavy atom. The summed E-state index contributed by atoms with van der Waals surface area (Å²) < 4.78 is 2.41. The fourth-order valence-corrected chi connectivity index (χ4v) is 3.79. The summed E-state index contributed by atoms with van der Waals surface area (Å²) in [5.74, 6) is 0. The SMILES string of the molecule is C1=CCc2c(n(-c3cccc4ccccc34)c3ccccc23)C=C1. The Kier molecular flexibility index (Phi) is 2.92. The summed E-state index contributed by atoms with van der Waals surface area (Å²) in [7, 11) is 0. The first-order chi connectivity index (χ1) is 11.9. The smallest absolute Gasteiger partial charge is 0.0540 e. The number of fused-ring (bicyclic) bond motifs is 4. The van der Waals surface area contributed by atoms with Crippen molar-refractivity contribution in [3.63, 3.8) is 0 Å². The summed E-state index contributed by atoms with van der Waals surface area (Å²) in [6.07, 6.45) is 9.73. The molecule has 1 heteroatoms. The average Bonchev–Trinajstić information content (AvgIpc) is 2.78. The molecule has 0 saturated carbocycles. The molecule has 3 aromatic carbocycles. The summed E-state index contributed by atoms with van der Waals surface area (Å²) >= 11 is 0. The first-order valence-corrected chi connectivity index (χ1v) is 8.37. The Hall–Kier alpha value is -3.06. The van der Waals surface area contributed by atoms with Crippen LogP contribution in [0.3, 0.4) is 0 Å². The van der Waals surface area contributed by atoms with Crippen molar-refractivity contribution >= 4 is 27.8 Å². The number of benzene rings is 3. The third kappa shape index (κ3) is 1.88. The topological polar surface area (TPSA) is 4.93 Å². The van der Waals surface area contributed by atoms with E-state index in [1.807, 2.05) is 0 Å². The maximum absolute atomic E-state index is 2.41. The number of nitrogens with zero attached hydrogens (tertiary/aromatic N) is 1. The summed E-state index contributed by atoms with van der Waals surface area (Å²) in [5, 5.41) is 3.91. The second-order valence-electron chi connectivity index (χ2n) is 6.21. The minimum absolute atomic E-state index is 0.973. The highest BCUT2D eigenvalue weighted by atomic mass is 15.0. The van der Waals surface area contributed by atoms with Crippen molar-refractivity contribution in [3.05, 3.63) is 96.2 Å². The van der Waals surface area contributed by atoms with Gasteiger partial charge in [0.15, 0.2) is 0 Å². The van der Waals surface area contributed by atoms with Crippen LogP contribution >= 0.6 is 0 Å². The van der Waals surface area contributed by atoms with E-state index in [0.717, 1.165) is 6.42 Å². The van der Waals surface area contributed by atoms with E-state index < -0.39 is 0 Å². The molecule has 0 spiro atoms. The Morgan fingerprint density at radius 3 is 2.46 bits per heavy atom. The van der Waals surface area contributed by atoms with E-state index in [1.165, 1.54) is 38.6 Å². The average molecular weight is 307 g/mol. The number of allylic oxidation sites excluding steroid dienone is 3. The Morgan fingerprint density at radius 2 is 1.50 bits per heavy atom. The van der Waals surface area contributed by atoms with Gasteiger partial charge in [0.1, 0.15) is 0 Å². The highest BCUT2D eigenvalue weighted by molar-refractivity contribution is 5.96. The van der Waals surface area contributed by atoms with Crippen molar-refractivity contribution in [2.45, 2.75) is 6.42 Å². The Balaban J connectivity index is 1.95. The van der Waals surface area contributed by atoms with Crippen molar-refractivity contribution in [1.82, 2.24) is 4.57 Å². The first kappa shape index (κ1) is 13.4. The molecule has 1 aliphatic carbocycles. The lowest BCUT2D eigenvalue weighted by Crippen LogP contribution is -1.98.